The summed E-state index contributed by atoms with van der Waals surface area (Å²) in [6.45, 7) is 13.6. The number of H-pyrrole nitrogens is 1. The molecule has 2 aliphatic heterocycles. The number of hydrogen-bond acceptors (Lipinski definition) is 8. The van der Waals surface area contributed by atoms with E-state index in [1.807, 2.05) is 4.57 Å². The third kappa shape index (κ3) is 11.0. The molecule has 0 bridgehead atoms. The fourth-order valence-corrected chi connectivity index (χ4v) is 9.00. The molecule has 2 aromatic heterocycles. The number of carbonyl (C=O) groups is 6. The molecule has 2 saturated heterocycles. The van der Waals surface area contributed by atoms with Gasteiger partial charge in [0.2, 0.25) is 23.6 Å². The zero-order valence-electron chi connectivity index (χ0n) is 40.4. The molecule has 4 N–H and O–H groups in total. The van der Waals surface area contributed by atoms with E-state index in [1.54, 1.807) is 58.6 Å². The van der Waals surface area contributed by atoms with E-state index < -0.39 is 89.6 Å². The van der Waals surface area contributed by atoms with E-state index in [0.717, 1.165) is 9.80 Å². The number of alkyl halides is 1. The average molecular weight is 952 g/mol. The second-order valence-corrected chi connectivity index (χ2v) is 19.4. The molecule has 2 aromatic carbocycles. The Kier molecular flexibility index (Phi) is 15.4. The van der Waals surface area contributed by atoms with E-state index in [2.05, 4.69) is 15.6 Å². The Morgan fingerprint density at radius 3 is 2.21 bits per heavy atom. The number of benzene rings is 2. The zero-order valence-corrected chi connectivity index (χ0v) is 40.4. The number of ether oxygens (including phenoxy) is 1. The van der Waals surface area contributed by atoms with Crippen LogP contribution in [-0.4, -0.2) is 150 Å². The van der Waals surface area contributed by atoms with E-state index in [0.29, 0.717) is 58.4 Å². The fourth-order valence-electron chi connectivity index (χ4n) is 9.00. The van der Waals surface area contributed by atoms with E-state index in [4.69, 9.17) is 9.72 Å². The molecule has 6 rings (SSSR count). The molecule has 0 spiro atoms. The number of carboxylic acid groups (broad SMARTS) is 1. The molecule has 4 aromatic rings. The maximum Gasteiger partial charge on any atom is 0.410 e. The van der Waals surface area contributed by atoms with Crippen molar-refractivity contribution in [3.8, 4) is 11.5 Å². The summed E-state index contributed by atoms with van der Waals surface area (Å²) in [5.74, 6) is -3.20. The first-order chi connectivity index (χ1) is 31.9. The van der Waals surface area contributed by atoms with Crippen molar-refractivity contribution in [1.29, 1.82) is 0 Å². The van der Waals surface area contributed by atoms with Gasteiger partial charge in [0.1, 0.15) is 47.6 Å². The van der Waals surface area contributed by atoms with E-state index >= 15 is 4.39 Å². The van der Waals surface area contributed by atoms with E-state index in [9.17, 15) is 42.7 Å². The van der Waals surface area contributed by atoms with Crippen molar-refractivity contribution in [2.24, 2.45) is 5.92 Å². The lowest BCUT2D eigenvalue weighted by Crippen LogP contribution is -2.56. The maximum absolute atomic E-state index is 15.6. The third-order valence-electron chi connectivity index (χ3n) is 13.1. The number of aromatic nitrogens is 3. The molecule has 7 atom stereocenters. The molecule has 0 radical (unpaired) electrons. The lowest BCUT2D eigenvalue weighted by Gasteiger charge is -2.33. The van der Waals surface area contributed by atoms with Crippen molar-refractivity contribution in [1.82, 2.24) is 44.8 Å². The number of fused-ring (bicyclic) bond motifs is 2. The summed E-state index contributed by atoms with van der Waals surface area (Å²) in [4.78, 5) is 93.1. The van der Waals surface area contributed by atoms with Crippen LogP contribution in [0, 0.1) is 17.6 Å². The molecule has 6 amide bonds. The van der Waals surface area contributed by atoms with Crippen LogP contribution in [0.1, 0.15) is 86.6 Å². The van der Waals surface area contributed by atoms with Crippen molar-refractivity contribution in [3.63, 3.8) is 0 Å². The standard InChI is InChI=1S/C48H64F3N9O8/c1-11-35(54-42(61)27(5)57(10)47(67)68-48(6,7)8)44(63)59-23-30(51)19-32(59)22-34-33-16-14-28(49)20-36(33)52-40(34)41-53-37-21-29(50)15-17-38(37)60(41)24-31-13-12-18-58(31)45(64)39(25(2)3)55-43(62)26(4)56(9)46(65)66/h14-17,20-21,25-27,30-32,35,39,52H,11-13,18-19,22-24H2,1-10H3,(H,54,61)(H,55,62)(H,65,66)/t26?,27?,30-,31?,32-,35?,39?/m0/s1. The molecule has 20 heteroatoms. The van der Waals surface area contributed by atoms with Crippen LogP contribution in [-0.2, 0) is 36.9 Å². The highest BCUT2D eigenvalue weighted by Crippen LogP contribution is 2.37. The molecule has 5 unspecified atom stereocenters. The number of amides is 6. The molecule has 68 heavy (non-hydrogen) atoms. The Labute approximate surface area is 393 Å². The highest BCUT2D eigenvalue weighted by Gasteiger charge is 2.41. The van der Waals surface area contributed by atoms with E-state index in [-0.39, 0.29) is 44.2 Å². The lowest BCUT2D eigenvalue weighted by molar-refractivity contribution is -0.139. The van der Waals surface area contributed by atoms with Crippen LogP contribution in [0.25, 0.3) is 33.5 Å². The van der Waals surface area contributed by atoms with Crippen molar-refractivity contribution in [3.05, 3.63) is 53.6 Å². The summed E-state index contributed by atoms with van der Waals surface area (Å²) in [5, 5.41) is 15.6. The second kappa shape index (κ2) is 20.5. The normalized spacial score (nSPS) is 19.2. The minimum atomic E-state index is -1.40. The monoisotopic (exact) mass is 951 g/mol. The molecule has 2 fully saturated rings. The Bertz CT molecular complexity index is 2560. The quantitative estimate of drug-likeness (QED) is 0.107. The second-order valence-electron chi connectivity index (χ2n) is 19.4. The van der Waals surface area contributed by atoms with Gasteiger partial charge in [0, 0.05) is 62.7 Å². The number of likely N-dealkylation sites (tertiary alicyclic amines) is 2. The molecular weight excluding hydrogens is 888 g/mol. The average Bonchev–Trinajstić information content (AvgIpc) is 4.06. The first-order valence-corrected chi connectivity index (χ1v) is 23.1. The lowest BCUT2D eigenvalue weighted by atomic mass is 9.99. The van der Waals surface area contributed by atoms with Crippen LogP contribution in [0.3, 0.4) is 0 Å². The Morgan fingerprint density at radius 1 is 0.912 bits per heavy atom. The van der Waals surface area contributed by atoms with Crippen LogP contribution in [0.5, 0.6) is 0 Å². The molecule has 4 heterocycles. The summed E-state index contributed by atoms with van der Waals surface area (Å²) in [6.07, 6.45) is -2.02. The SMILES string of the molecule is CCC(NC(=O)C(C)N(C)C(=O)OC(C)(C)C)C(=O)N1C[C@@H](F)C[C@H]1Cc1c(-c2nc3cc(F)ccc3n2CC2CCCN2C(=O)C(NC(=O)C(C)N(C)C(=O)O)C(C)C)[nH]c2cc(F)ccc12. The maximum atomic E-state index is 15.6. The number of halogens is 3. The number of aromatic amines is 1. The van der Waals surface area contributed by atoms with Crippen molar-refractivity contribution >= 4 is 57.8 Å². The first kappa shape index (κ1) is 51.1. The third-order valence-corrected chi connectivity index (χ3v) is 13.1. The minimum absolute atomic E-state index is 0.0408. The summed E-state index contributed by atoms with van der Waals surface area (Å²) in [7, 11) is 2.69. The van der Waals surface area contributed by atoms with Gasteiger partial charge in [-0.15, -0.1) is 0 Å². The number of nitrogens with one attached hydrogen (secondary N) is 3. The smallest absolute Gasteiger partial charge is 0.410 e. The van der Waals surface area contributed by atoms with Gasteiger partial charge in [-0.1, -0.05) is 20.8 Å². The van der Waals surface area contributed by atoms with Gasteiger partial charge in [-0.25, -0.2) is 27.7 Å². The Hall–Kier alpha value is -6.34. The van der Waals surface area contributed by atoms with Crippen LogP contribution < -0.4 is 10.6 Å². The summed E-state index contributed by atoms with van der Waals surface area (Å²) < 4.78 is 52.7. The summed E-state index contributed by atoms with van der Waals surface area (Å²) in [5.41, 5.74) is 1.42. The molecule has 2 aliphatic rings. The Morgan fingerprint density at radius 2 is 1.56 bits per heavy atom. The van der Waals surface area contributed by atoms with Gasteiger partial charge in [0.05, 0.1) is 23.3 Å². The molecule has 370 valence electrons. The number of likely N-dealkylation sites (N-methyl/N-ethyl adjacent to an activating group) is 2. The number of hydrogen-bond donors (Lipinski definition) is 4. The van der Waals surface area contributed by atoms with Gasteiger partial charge in [0.25, 0.3) is 0 Å². The highest BCUT2D eigenvalue weighted by molar-refractivity contribution is 5.94. The topological polar surface area (TPSA) is 203 Å². The molecular formula is C48H64F3N9O8. The van der Waals surface area contributed by atoms with Gasteiger partial charge >= 0.3 is 12.2 Å². The van der Waals surface area contributed by atoms with E-state index in [1.165, 1.54) is 57.1 Å². The van der Waals surface area contributed by atoms with Crippen LogP contribution >= 0.6 is 0 Å². The summed E-state index contributed by atoms with van der Waals surface area (Å²) in [6, 6.07) is 3.08. The van der Waals surface area contributed by atoms with Gasteiger partial charge in [0.15, 0.2) is 5.82 Å². The van der Waals surface area contributed by atoms with Crippen LogP contribution in [0.2, 0.25) is 0 Å². The van der Waals surface area contributed by atoms with Crippen LogP contribution in [0.15, 0.2) is 36.4 Å². The number of carbonyl (C=O) groups excluding carboxylic acids is 5. The summed E-state index contributed by atoms with van der Waals surface area (Å²) >= 11 is 0. The molecule has 0 aliphatic carbocycles. The van der Waals surface area contributed by atoms with Gasteiger partial charge < -0.3 is 39.8 Å². The number of nitrogens with zero attached hydrogens (tertiary/aromatic N) is 6. The number of rotatable bonds is 15. The largest absolute Gasteiger partial charge is 0.465 e. The fraction of sp³-hybridized carbons (Fsp3) is 0.562. The minimum Gasteiger partial charge on any atom is -0.465 e. The van der Waals surface area contributed by atoms with Crippen molar-refractivity contribution in [2.75, 3.05) is 27.2 Å². The predicted molar refractivity (Wildman–Crippen MR) is 248 cm³/mol. The number of imidazole rings is 1. The van der Waals surface area contributed by atoms with Gasteiger partial charge in [-0.3, -0.25) is 29.0 Å². The predicted octanol–water partition coefficient (Wildman–Crippen LogP) is 6.22. The van der Waals surface area contributed by atoms with Crippen LogP contribution in [0.4, 0.5) is 22.8 Å². The zero-order chi connectivity index (χ0) is 50.1. The first-order valence-electron chi connectivity index (χ1n) is 23.1. The Balaban J connectivity index is 1.33. The van der Waals surface area contributed by atoms with Gasteiger partial charge in [-0.2, -0.15) is 0 Å². The van der Waals surface area contributed by atoms with Gasteiger partial charge in [-0.05, 0) is 102 Å². The van der Waals surface area contributed by atoms with Crippen molar-refractivity contribution in [2.45, 2.75) is 142 Å². The highest BCUT2D eigenvalue weighted by atomic mass is 19.1. The molecule has 17 nitrogen and oxygen atoms in total. The van der Waals surface area contributed by atoms with Crippen molar-refractivity contribution < 1.29 is 51.8 Å². The molecule has 0 saturated carbocycles.